The predicted molar refractivity (Wildman–Crippen MR) is 169 cm³/mol. The van der Waals surface area contributed by atoms with Crippen LogP contribution in [0.5, 0.6) is 0 Å². The van der Waals surface area contributed by atoms with Gasteiger partial charge in [0, 0.05) is 22.3 Å². The third kappa shape index (κ3) is 4.59. The molecule has 0 heterocycles. The monoisotopic (exact) mass is 614 g/mol. The van der Waals surface area contributed by atoms with Crippen LogP contribution in [-0.2, 0) is 29.0 Å². The quantitative estimate of drug-likeness (QED) is 0.236. The molecule has 0 N–H and O–H groups in total. The SMILES string of the molecule is CCCCS(=O)(=O)C=C1C[C@]2(C)C3=CC(=O)[C@@H]4[C@@H]5CC(C)(C)CC[C@]5(C(=O)OC)CC[C@@]4(C)[C@]3(C)CC[C@H]2C(C)(C)C1=O. The van der Waals surface area contributed by atoms with Crippen LogP contribution in [0, 0.1) is 50.2 Å². The van der Waals surface area contributed by atoms with Crippen LogP contribution in [0.1, 0.15) is 120 Å². The summed E-state index contributed by atoms with van der Waals surface area (Å²) in [6.07, 6.45) is 9.27. The van der Waals surface area contributed by atoms with Gasteiger partial charge in [-0.1, -0.05) is 67.4 Å². The third-order valence-electron chi connectivity index (χ3n) is 13.7. The summed E-state index contributed by atoms with van der Waals surface area (Å²) < 4.78 is 31.6. The van der Waals surface area contributed by atoms with Crippen LogP contribution in [-0.4, -0.2) is 38.8 Å². The molecular formula is C36H54O6S. The summed E-state index contributed by atoms with van der Waals surface area (Å²) in [6, 6.07) is 0. The predicted octanol–water partition coefficient (Wildman–Crippen LogP) is 7.42. The zero-order valence-corrected chi connectivity index (χ0v) is 28.8. The highest BCUT2D eigenvalue weighted by molar-refractivity contribution is 7.94. The van der Waals surface area contributed by atoms with E-state index < -0.39 is 26.1 Å². The zero-order chi connectivity index (χ0) is 32.0. The van der Waals surface area contributed by atoms with Crippen molar-refractivity contribution in [2.45, 2.75) is 120 Å². The largest absolute Gasteiger partial charge is 0.469 e. The van der Waals surface area contributed by atoms with Crippen LogP contribution in [0.25, 0.3) is 0 Å². The summed E-state index contributed by atoms with van der Waals surface area (Å²) in [4.78, 5) is 42.0. The lowest BCUT2D eigenvalue weighted by Crippen LogP contribution is -2.66. The Morgan fingerprint density at radius 3 is 2.28 bits per heavy atom. The van der Waals surface area contributed by atoms with Gasteiger partial charge < -0.3 is 4.74 Å². The fourth-order valence-corrected chi connectivity index (χ4v) is 12.6. The lowest BCUT2D eigenvalue weighted by molar-refractivity contribution is -0.192. The minimum absolute atomic E-state index is 0.00151. The molecule has 4 fully saturated rings. The maximum absolute atomic E-state index is 14.6. The number of carbonyl (C=O) groups excluding carboxylic acids is 3. The van der Waals surface area contributed by atoms with E-state index in [0.29, 0.717) is 24.8 Å². The topological polar surface area (TPSA) is 94.6 Å². The first-order valence-electron chi connectivity index (χ1n) is 16.6. The van der Waals surface area contributed by atoms with Crippen molar-refractivity contribution in [3.05, 3.63) is 22.6 Å². The van der Waals surface area contributed by atoms with Crippen molar-refractivity contribution in [2.75, 3.05) is 12.9 Å². The number of hydrogen-bond donors (Lipinski definition) is 0. The molecule has 0 unspecified atom stereocenters. The highest BCUT2D eigenvalue weighted by Gasteiger charge is 2.71. The Labute approximate surface area is 259 Å². The van der Waals surface area contributed by atoms with Gasteiger partial charge in [-0.25, -0.2) is 8.42 Å². The van der Waals surface area contributed by atoms with Gasteiger partial charge in [0.05, 0.1) is 18.3 Å². The van der Waals surface area contributed by atoms with Crippen LogP contribution < -0.4 is 0 Å². The summed E-state index contributed by atoms with van der Waals surface area (Å²) >= 11 is 0. The van der Waals surface area contributed by atoms with E-state index in [4.69, 9.17) is 4.74 Å². The van der Waals surface area contributed by atoms with E-state index >= 15 is 0 Å². The second-order valence-electron chi connectivity index (χ2n) is 16.9. The highest BCUT2D eigenvalue weighted by atomic mass is 32.2. The Balaban J connectivity index is 1.65. The standard InChI is InChI=1S/C36H54O6S/c1-10-11-18-43(40,41)22-23-20-33(6)26(32(4,5)29(23)38)12-13-34(7)27(33)19-25(37)28-24-21-31(2,3)14-16-36(24,30(39)42-9)17-15-35(28,34)8/h19,22,24,26,28H,10-18,20-21H2,1-9H3/t24-,26-,28-,33-,34+,35+,36-/m0/s1. The molecule has 7 heteroatoms. The van der Waals surface area contributed by atoms with E-state index in [1.807, 2.05) is 26.8 Å². The van der Waals surface area contributed by atoms with Crippen molar-refractivity contribution in [1.82, 2.24) is 0 Å². The number of Topliss-reactive ketones (excluding diaryl/α,β-unsaturated/α-hetero) is 1. The van der Waals surface area contributed by atoms with Gasteiger partial charge in [-0.2, -0.15) is 0 Å². The average molecular weight is 615 g/mol. The number of methoxy groups -OCH3 is 1. The summed E-state index contributed by atoms with van der Waals surface area (Å²) in [7, 11) is -2.05. The Kier molecular flexibility index (Phi) is 7.68. The number of ether oxygens (including phenoxy) is 1. The molecule has 6 nitrogen and oxygen atoms in total. The van der Waals surface area contributed by atoms with Gasteiger partial charge in [-0.05, 0) is 97.4 Å². The molecule has 0 amide bonds. The number of fused-ring (bicyclic) bond motifs is 7. The van der Waals surface area contributed by atoms with Crippen molar-refractivity contribution in [2.24, 2.45) is 50.2 Å². The number of rotatable bonds is 5. The molecule has 7 atom stereocenters. The molecule has 0 bridgehead atoms. The molecule has 0 radical (unpaired) electrons. The first kappa shape index (κ1) is 32.6. The molecule has 0 spiro atoms. The fourth-order valence-electron chi connectivity index (χ4n) is 11.2. The van der Waals surface area contributed by atoms with Gasteiger partial charge in [-0.3, -0.25) is 14.4 Å². The molecule has 5 aliphatic carbocycles. The summed E-state index contributed by atoms with van der Waals surface area (Å²) in [6.45, 7) is 17.2. The molecule has 0 aliphatic heterocycles. The molecule has 240 valence electrons. The summed E-state index contributed by atoms with van der Waals surface area (Å²) in [5.74, 6) is -0.459. The number of allylic oxidation sites excluding steroid dienone is 3. The lowest BCUT2D eigenvalue weighted by Gasteiger charge is -2.69. The van der Waals surface area contributed by atoms with Gasteiger partial charge in [-0.15, -0.1) is 0 Å². The Bertz CT molecular complexity index is 1400. The molecule has 5 rings (SSSR count). The van der Waals surface area contributed by atoms with Crippen LogP contribution in [0.15, 0.2) is 22.6 Å². The second-order valence-corrected chi connectivity index (χ2v) is 18.9. The highest BCUT2D eigenvalue weighted by Crippen LogP contribution is 2.75. The minimum atomic E-state index is -3.53. The molecule has 4 saturated carbocycles. The van der Waals surface area contributed by atoms with E-state index in [1.54, 1.807) is 0 Å². The smallest absolute Gasteiger partial charge is 0.312 e. The Morgan fingerprint density at radius 1 is 1.00 bits per heavy atom. The Hall–Kier alpha value is -1.76. The molecule has 5 aliphatic rings. The van der Waals surface area contributed by atoms with Gasteiger partial charge in [0.2, 0.25) is 0 Å². The number of esters is 1. The van der Waals surface area contributed by atoms with Crippen LogP contribution in [0.4, 0.5) is 0 Å². The van der Waals surface area contributed by atoms with Crippen molar-refractivity contribution in [3.63, 3.8) is 0 Å². The first-order valence-corrected chi connectivity index (χ1v) is 18.3. The number of unbranched alkanes of at least 4 members (excludes halogenated alkanes) is 1. The molecule has 0 saturated heterocycles. The molecule has 0 aromatic carbocycles. The van der Waals surface area contributed by atoms with Gasteiger partial charge in [0.1, 0.15) is 0 Å². The van der Waals surface area contributed by atoms with Crippen molar-refractivity contribution >= 4 is 27.4 Å². The van der Waals surface area contributed by atoms with E-state index in [-0.39, 0.29) is 57.3 Å². The van der Waals surface area contributed by atoms with Crippen molar-refractivity contribution in [1.29, 1.82) is 0 Å². The third-order valence-corrected chi connectivity index (χ3v) is 15.2. The molecule has 0 aromatic heterocycles. The minimum Gasteiger partial charge on any atom is -0.469 e. The molecule has 43 heavy (non-hydrogen) atoms. The normalized spacial score (nSPS) is 42.7. The van der Waals surface area contributed by atoms with E-state index in [1.165, 1.54) is 12.5 Å². The number of sulfone groups is 1. The van der Waals surface area contributed by atoms with Crippen LogP contribution >= 0.6 is 0 Å². The number of ketones is 2. The number of hydrogen-bond acceptors (Lipinski definition) is 6. The maximum Gasteiger partial charge on any atom is 0.312 e. The fraction of sp³-hybridized carbons (Fsp3) is 0.806. The van der Waals surface area contributed by atoms with Gasteiger partial charge in [0.25, 0.3) is 0 Å². The van der Waals surface area contributed by atoms with E-state index in [0.717, 1.165) is 50.5 Å². The Morgan fingerprint density at radius 2 is 1.65 bits per heavy atom. The van der Waals surface area contributed by atoms with Crippen molar-refractivity contribution < 1.29 is 27.5 Å². The van der Waals surface area contributed by atoms with Crippen molar-refractivity contribution in [3.8, 4) is 0 Å². The maximum atomic E-state index is 14.6. The van der Waals surface area contributed by atoms with E-state index in [9.17, 15) is 22.8 Å². The summed E-state index contributed by atoms with van der Waals surface area (Å²) in [5.41, 5.74) is -1.07. The molecule has 0 aromatic rings. The second kappa shape index (κ2) is 10.1. The first-order chi connectivity index (χ1) is 19.7. The average Bonchev–Trinajstić information content (AvgIpc) is 2.91. The van der Waals surface area contributed by atoms with Gasteiger partial charge >= 0.3 is 5.97 Å². The molecular weight excluding hydrogens is 560 g/mol. The number of carbonyl (C=O) groups is 3. The van der Waals surface area contributed by atoms with Gasteiger partial charge in [0.15, 0.2) is 21.4 Å². The van der Waals surface area contributed by atoms with E-state index in [2.05, 4.69) is 34.6 Å². The van der Waals surface area contributed by atoms with Crippen LogP contribution in [0.3, 0.4) is 0 Å². The lowest BCUT2D eigenvalue weighted by atomic mass is 9.33. The zero-order valence-electron chi connectivity index (χ0n) is 28.0. The summed E-state index contributed by atoms with van der Waals surface area (Å²) in [5, 5.41) is 1.27. The van der Waals surface area contributed by atoms with Crippen LogP contribution in [0.2, 0.25) is 0 Å².